The van der Waals surface area contributed by atoms with Crippen LogP contribution in [0.3, 0.4) is 0 Å². The minimum absolute atomic E-state index is 0.174. The molecule has 0 bridgehead atoms. The average molecular weight is 366 g/mol. The standard InChI is InChI=1S/C22H22O5/c1-14-7-5-6-8-15(14)11-19-21(24)17-10-9-16(12-18(17)26-19)25-13-20(23)27-22(2,3)4/h5-12H,13H2,1-4H3/b19-11-. The average Bonchev–Trinajstić information content (AvgIpc) is 2.89. The smallest absolute Gasteiger partial charge is 0.344 e. The van der Waals surface area contributed by atoms with Gasteiger partial charge in [0.05, 0.1) is 5.56 Å². The van der Waals surface area contributed by atoms with Crippen molar-refractivity contribution in [2.45, 2.75) is 33.3 Å². The highest BCUT2D eigenvalue weighted by Crippen LogP contribution is 2.35. The minimum atomic E-state index is -0.566. The zero-order valence-electron chi connectivity index (χ0n) is 15.9. The van der Waals surface area contributed by atoms with Gasteiger partial charge in [-0.1, -0.05) is 24.3 Å². The minimum Gasteiger partial charge on any atom is -0.482 e. The zero-order valence-corrected chi connectivity index (χ0v) is 15.9. The number of hydrogen-bond donors (Lipinski definition) is 0. The summed E-state index contributed by atoms with van der Waals surface area (Å²) in [4.78, 5) is 24.3. The Kier molecular flexibility index (Phi) is 5.04. The zero-order chi connectivity index (χ0) is 19.6. The van der Waals surface area contributed by atoms with Gasteiger partial charge in [-0.3, -0.25) is 4.79 Å². The number of benzene rings is 2. The Morgan fingerprint density at radius 3 is 2.59 bits per heavy atom. The van der Waals surface area contributed by atoms with Crippen molar-refractivity contribution >= 4 is 17.8 Å². The number of Topliss-reactive ketones (excluding diaryl/α,β-unsaturated/α-hetero) is 1. The van der Waals surface area contributed by atoms with Gasteiger partial charge >= 0.3 is 5.97 Å². The van der Waals surface area contributed by atoms with Gasteiger partial charge in [0.2, 0.25) is 5.78 Å². The molecule has 2 aromatic carbocycles. The van der Waals surface area contributed by atoms with Crippen LogP contribution in [0.2, 0.25) is 0 Å². The molecule has 0 spiro atoms. The topological polar surface area (TPSA) is 61.8 Å². The van der Waals surface area contributed by atoms with Crippen molar-refractivity contribution in [3.63, 3.8) is 0 Å². The summed E-state index contributed by atoms with van der Waals surface area (Å²) in [6.45, 7) is 7.14. The number of fused-ring (bicyclic) bond motifs is 1. The molecule has 1 aliphatic rings. The van der Waals surface area contributed by atoms with Crippen LogP contribution in [-0.2, 0) is 9.53 Å². The molecule has 0 atom stereocenters. The molecule has 27 heavy (non-hydrogen) atoms. The van der Waals surface area contributed by atoms with Crippen LogP contribution < -0.4 is 9.47 Å². The van der Waals surface area contributed by atoms with E-state index in [-0.39, 0.29) is 18.1 Å². The molecule has 0 aliphatic carbocycles. The third kappa shape index (κ3) is 4.56. The van der Waals surface area contributed by atoms with Gasteiger partial charge < -0.3 is 14.2 Å². The second-order valence-electron chi connectivity index (χ2n) is 7.33. The van der Waals surface area contributed by atoms with E-state index in [0.29, 0.717) is 17.1 Å². The molecule has 0 radical (unpaired) electrons. The SMILES string of the molecule is Cc1ccccc1/C=C1\Oc2cc(OCC(=O)OC(C)(C)C)ccc2C1=O. The van der Waals surface area contributed by atoms with E-state index in [9.17, 15) is 9.59 Å². The summed E-state index contributed by atoms with van der Waals surface area (Å²) in [6.07, 6.45) is 1.74. The molecule has 140 valence electrons. The van der Waals surface area contributed by atoms with Crippen LogP contribution >= 0.6 is 0 Å². The first-order valence-corrected chi connectivity index (χ1v) is 8.71. The summed E-state index contributed by atoms with van der Waals surface area (Å²) >= 11 is 0. The lowest BCUT2D eigenvalue weighted by atomic mass is 10.1. The molecule has 0 saturated carbocycles. The molecule has 2 aromatic rings. The highest BCUT2D eigenvalue weighted by molar-refractivity contribution is 6.14. The first-order valence-electron chi connectivity index (χ1n) is 8.71. The number of allylic oxidation sites excluding steroid dienone is 1. The van der Waals surface area contributed by atoms with Gasteiger partial charge in [-0.25, -0.2) is 4.79 Å². The van der Waals surface area contributed by atoms with Crippen LogP contribution in [0.1, 0.15) is 42.3 Å². The summed E-state index contributed by atoms with van der Waals surface area (Å²) < 4.78 is 16.4. The summed E-state index contributed by atoms with van der Waals surface area (Å²) in [6, 6.07) is 12.6. The number of carbonyl (C=O) groups excluding carboxylic acids is 2. The monoisotopic (exact) mass is 366 g/mol. The molecule has 0 saturated heterocycles. The van der Waals surface area contributed by atoms with E-state index in [0.717, 1.165) is 11.1 Å². The van der Waals surface area contributed by atoms with Crippen LogP contribution in [0.4, 0.5) is 0 Å². The maximum atomic E-state index is 12.5. The largest absolute Gasteiger partial charge is 0.482 e. The van der Waals surface area contributed by atoms with Gasteiger partial charge in [-0.05, 0) is 57.0 Å². The van der Waals surface area contributed by atoms with Gasteiger partial charge in [0.1, 0.15) is 17.1 Å². The van der Waals surface area contributed by atoms with E-state index in [4.69, 9.17) is 14.2 Å². The number of rotatable bonds is 4. The van der Waals surface area contributed by atoms with E-state index in [1.807, 2.05) is 31.2 Å². The van der Waals surface area contributed by atoms with E-state index < -0.39 is 11.6 Å². The Morgan fingerprint density at radius 2 is 1.89 bits per heavy atom. The quantitative estimate of drug-likeness (QED) is 0.595. The molecule has 0 fully saturated rings. The number of hydrogen-bond acceptors (Lipinski definition) is 5. The van der Waals surface area contributed by atoms with E-state index in [2.05, 4.69) is 0 Å². The third-order valence-corrected chi connectivity index (χ3v) is 3.89. The van der Waals surface area contributed by atoms with Crippen LogP contribution in [0, 0.1) is 6.92 Å². The second-order valence-corrected chi connectivity index (χ2v) is 7.33. The molecule has 0 unspecified atom stereocenters. The summed E-state index contributed by atoms with van der Waals surface area (Å²) in [5, 5.41) is 0. The molecular formula is C22H22O5. The molecule has 1 heterocycles. The molecule has 0 amide bonds. The van der Waals surface area contributed by atoms with Gasteiger partial charge in [-0.2, -0.15) is 0 Å². The Morgan fingerprint density at radius 1 is 1.15 bits per heavy atom. The highest BCUT2D eigenvalue weighted by Gasteiger charge is 2.28. The number of ether oxygens (including phenoxy) is 3. The van der Waals surface area contributed by atoms with Gasteiger partial charge in [0.25, 0.3) is 0 Å². The van der Waals surface area contributed by atoms with Gasteiger partial charge in [0, 0.05) is 6.07 Å². The molecular weight excluding hydrogens is 344 g/mol. The van der Waals surface area contributed by atoms with Crippen LogP contribution in [0.25, 0.3) is 6.08 Å². The summed E-state index contributed by atoms with van der Waals surface area (Å²) in [5.74, 6) is 0.488. The number of ketones is 1. The summed E-state index contributed by atoms with van der Waals surface area (Å²) in [7, 11) is 0. The first-order chi connectivity index (χ1) is 12.7. The van der Waals surface area contributed by atoms with Gasteiger partial charge in [0.15, 0.2) is 12.4 Å². The van der Waals surface area contributed by atoms with Gasteiger partial charge in [-0.15, -0.1) is 0 Å². The molecule has 5 heteroatoms. The lowest BCUT2D eigenvalue weighted by Gasteiger charge is -2.19. The number of esters is 1. The van der Waals surface area contributed by atoms with Crippen LogP contribution in [0.5, 0.6) is 11.5 Å². The molecule has 5 nitrogen and oxygen atoms in total. The van der Waals surface area contributed by atoms with E-state index in [1.165, 1.54) is 0 Å². The van der Waals surface area contributed by atoms with E-state index in [1.54, 1.807) is 45.0 Å². The van der Waals surface area contributed by atoms with E-state index >= 15 is 0 Å². The fourth-order valence-electron chi connectivity index (χ4n) is 2.66. The predicted octanol–water partition coefficient (Wildman–Crippen LogP) is 4.33. The normalized spacial score (nSPS) is 14.7. The van der Waals surface area contributed by atoms with Crippen LogP contribution in [-0.4, -0.2) is 24.0 Å². The molecule has 0 N–H and O–H groups in total. The first kappa shape index (κ1) is 18.7. The fraction of sp³-hybridized carbons (Fsp3) is 0.273. The third-order valence-electron chi connectivity index (χ3n) is 3.89. The fourth-order valence-corrected chi connectivity index (χ4v) is 2.66. The highest BCUT2D eigenvalue weighted by atomic mass is 16.6. The Bertz CT molecular complexity index is 919. The Hall–Kier alpha value is -3.08. The van der Waals surface area contributed by atoms with Crippen molar-refractivity contribution in [1.82, 2.24) is 0 Å². The Balaban J connectivity index is 1.72. The van der Waals surface area contributed by atoms with Crippen molar-refractivity contribution in [3.05, 3.63) is 64.9 Å². The lowest BCUT2D eigenvalue weighted by molar-refractivity contribution is -0.157. The molecule has 1 aliphatic heterocycles. The number of aryl methyl sites for hydroxylation is 1. The van der Waals surface area contributed by atoms with Crippen molar-refractivity contribution in [3.8, 4) is 11.5 Å². The van der Waals surface area contributed by atoms with Crippen molar-refractivity contribution < 1.29 is 23.8 Å². The maximum absolute atomic E-state index is 12.5. The Labute approximate surface area is 158 Å². The maximum Gasteiger partial charge on any atom is 0.344 e. The predicted molar refractivity (Wildman–Crippen MR) is 102 cm³/mol. The number of carbonyl (C=O) groups is 2. The lowest BCUT2D eigenvalue weighted by Crippen LogP contribution is -2.27. The molecule has 0 aromatic heterocycles. The van der Waals surface area contributed by atoms with Crippen molar-refractivity contribution in [2.75, 3.05) is 6.61 Å². The van der Waals surface area contributed by atoms with Crippen molar-refractivity contribution in [1.29, 1.82) is 0 Å². The van der Waals surface area contributed by atoms with Crippen molar-refractivity contribution in [2.24, 2.45) is 0 Å². The molecule has 3 rings (SSSR count). The summed E-state index contributed by atoms with van der Waals surface area (Å²) in [5.41, 5.74) is 1.89. The second kappa shape index (κ2) is 7.27. The van der Waals surface area contributed by atoms with Crippen LogP contribution in [0.15, 0.2) is 48.2 Å².